The van der Waals surface area contributed by atoms with Gasteiger partial charge in [-0.05, 0) is 72.7 Å². The fourth-order valence-corrected chi connectivity index (χ4v) is 3.65. The normalized spacial score (nSPS) is 14.6. The van der Waals surface area contributed by atoms with Crippen molar-refractivity contribution in [1.29, 1.82) is 0 Å². The van der Waals surface area contributed by atoms with E-state index >= 15 is 0 Å². The quantitative estimate of drug-likeness (QED) is 0.453. The van der Waals surface area contributed by atoms with Gasteiger partial charge < -0.3 is 15.3 Å². The Labute approximate surface area is 175 Å². The first-order chi connectivity index (χ1) is 13.6. The molecule has 0 spiro atoms. The number of rotatable bonds is 9. The van der Waals surface area contributed by atoms with Gasteiger partial charge in [-0.15, -0.1) is 0 Å². The van der Waals surface area contributed by atoms with Crippen LogP contribution in [0.2, 0.25) is 0 Å². The van der Waals surface area contributed by atoms with Crippen LogP contribution < -0.4 is 0 Å². The number of aliphatic hydroxyl groups is 1. The first kappa shape index (κ1) is 23.0. The number of nitrogens with zero attached hydrogens (tertiary/aromatic N) is 1. The fourth-order valence-electron chi connectivity index (χ4n) is 3.65. The van der Waals surface area contributed by atoms with Gasteiger partial charge in [0.25, 0.3) is 0 Å². The lowest BCUT2D eigenvalue weighted by Gasteiger charge is -2.23. The van der Waals surface area contributed by atoms with Crippen LogP contribution >= 0.6 is 0 Å². The molecule has 4 nitrogen and oxygen atoms in total. The van der Waals surface area contributed by atoms with Crippen molar-refractivity contribution >= 4 is 5.57 Å². The minimum absolute atomic E-state index is 0.0138. The van der Waals surface area contributed by atoms with Gasteiger partial charge in [0.1, 0.15) is 11.5 Å². The number of phenols is 2. The Morgan fingerprint density at radius 2 is 1.66 bits per heavy atom. The van der Waals surface area contributed by atoms with Crippen molar-refractivity contribution < 1.29 is 15.3 Å². The summed E-state index contributed by atoms with van der Waals surface area (Å²) in [5.41, 5.74) is 1.47. The lowest BCUT2D eigenvalue weighted by atomic mass is 9.83. The Kier molecular flexibility index (Phi) is 7.86. The standard InChI is InChI=1S/C25H35NO3/c1-6-7-8-9-17(2)18(3)20-14-22(27)24(23(28)15-20)21(16-25(4,5)29)19-10-12-26-13-11-19/h10-18,27-29H,6-9H2,1-5H3. The average Bonchev–Trinajstić information content (AvgIpc) is 2.65. The molecule has 3 N–H and O–H groups in total. The number of pyridine rings is 1. The molecular formula is C25H35NO3. The topological polar surface area (TPSA) is 73.6 Å². The fraction of sp³-hybridized carbons (Fsp3) is 0.480. The number of hydrogen-bond acceptors (Lipinski definition) is 4. The lowest BCUT2D eigenvalue weighted by Crippen LogP contribution is -2.15. The third-order valence-corrected chi connectivity index (χ3v) is 5.52. The predicted molar refractivity (Wildman–Crippen MR) is 119 cm³/mol. The number of unbranched alkanes of at least 4 members (excludes halogenated alkanes) is 2. The zero-order valence-electron chi connectivity index (χ0n) is 18.3. The Hall–Kier alpha value is -2.33. The van der Waals surface area contributed by atoms with E-state index in [4.69, 9.17) is 0 Å². The second-order valence-electron chi connectivity index (χ2n) is 8.64. The lowest BCUT2D eigenvalue weighted by molar-refractivity contribution is 0.133. The van der Waals surface area contributed by atoms with Gasteiger partial charge in [-0.1, -0.05) is 46.5 Å². The summed E-state index contributed by atoms with van der Waals surface area (Å²) in [6.07, 6.45) is 9.68. The highest BCUT2D eigenvalue weighted by Gasteiger charge is 2.22. The van der Waals surface area contributed by atoms with Crippen LogP contribution in [0.25, 0.3) is 5.57 Å². The average molecular weight is 398 g/mol. The summed E-state index contributed by atoms with van der Waals surface area (Å²) in [4.78, 5) is 4.04. The van der Waals surface area contributed by atoms with Crippen LogP contribution in [0.4, 0.5) is 0 Å². The summed E-state index contributed by atoms with van der Waals surface area (Å²) < 4.78 is 0. The molecule has 29 heavy (non-hydrogen) atoms. The van der Waals surface area contributed by atoms with E-state index in [1.807, 2.05) is 0 Å². The summed E-state index contributed by atoms with van der Waals surface area (Å²) in [5, 5.41) is 32.1. The van der Waals surface area contributed by atoms with E-state index in [2.05, 4.69) is 25.8 Å². The van der Waals surface area contributed by atoms with E-state index in [-0.39, 0.29) is 17.4 Å². The van der Waals surface area contributed by atoms with E-state index in [1.54, 1.807) is 56.6 Å². The van der Waals surface area contributed by atoms with Crippen LogP contribution in [0.5, 0.6) is 11.5 Å². The maximum Gasteiger partial charge on any atom is 0.127 e. The third kappa shape index (κ3) is 6.33. The summed E-state index contributed by atoms with van der Waals surface area (Å²) in [6.45, 7) is 9.89. The molecule has 0 radical (unpaired) electrons. The maximum absolute atomic E-state index is 10.8. The molecular weight excluding hydrogens is 362 g/mol. The molecule has 0 aliphatic carbocycles. The van der Waals surface area contributed by atoms with Crippen molar-refractivity contribution in [2.24, 2.45) is 5.92 Å². The highest BCUT2D eigenvalue weighted by Crippen LogP contribution is 2.41. The molecule has 0 amide bonds. The molecule has 2 rings (SSSR count). The molecule has 2 unspecified atom stereocenters. The van der Waals surface area contributed by atoms with Crippen molar-refractivity contribution in [2.45, 2.75) is 71.8 Å². The molecule has 4 heteroatoms. The Morgan fingerprint density at radius 3 is 2.17 bits per heavy atom. The number of phenolic OH excluding ortho intramolecular Hbond substituents is 2. The van der Waals surface area contributed by atoms with Gasteiger partial charge in [-0.3, -0.25) is 4.98 Å². The third-order valence-electron chi connectivity index (χ3n) is 5.52. The van der Waals surface area contributed by atoms with Crippen molar-refractivity contribution in [1.82, 2.24) is 4.98 Å². The van der Waals surface area contributed by atoms with Crippen molar-refractivity contribution in [3.05, 3.63) is 59.4 Å². The molecule has 158 valence electrons. The van der Waals surface area contributed by atoms with E-state index < -0.39 is 5.60 Å². The van der Waals surface area contributed by atoms with Gasteiger partial charge in [-0.25, -0.2) is 0 Å². The molecule has 1 aromatic heterocycles. The number of aromatic nitrogens is 1. The monoisotopic (exact) mass is 397 g/mol. The van der Waals surface area contributed by atoms with Gasteiger partial charge in [0.05, 0.1) is 11.2 Å². The second kappa shape index (κ2) is 9.93. The molecule has 1 heterocycles. The zero-order valence-corrected chi connectivity index (χ0v) is 18.3. The summed E-state index contributed by atoms with van der Waals surface area (Å²) in [6, 6.07) is 7.08. The largest absolute Gasteiger partial charge is 0.507 e. The molecule has 0 fully saturated rings. The summed E-state index contributed by atoms with van der Waals surface area (Å²) >= 11 is 0. The molecule has 2 aromatic rings. The minimum Gasteiger partial charge on any atom is -0.507 e. The van der Waals surface area contributed by atoms with Gasteiger partial charge >= 0.3 is 0 Å². The van der Waals surface area contributed by atoms with E-state index in [9.17, 15) is 15.3 Å². The van der Waals surface area contributed by atoms with Gasteiger partial charge in [0.2, 0.25) is 0 Å². The molecule has 0 saturated heterocycles. The molecule has 1 aromatic carbocycles. The second-order valence-corrected chi connectivity index (χ2v) is 8.64. The highest BCUT2D eigenvalue weighted by molar-refractivity contribution is 5.86. The zero-order chi connectivity index (χ0) is 21.6. The Balaban J connectivity index is 2.44. The Morgan fingerprint density at radius 1 is 1.07 bits per heavy atom. The van der Waals surface area contributed by atoms with Gasteiger partial charge in [-0.2, -0.15) is 0 Å². The molecule has 0 saturated carbocycles. The number of benzene rings is 1. The van der Waals surface area contributed by atoms with Gasteiger partial charge in [0, 0.05) is 12.4 Å². The van der Waals surface area contributed by atoms with Crippen molar-refractivity contribution in [3.8, 4) is 11.5 Å². The minimum atomic E-state index is -1.11. The van der Waals surface area contributed by atoms with Crippen LogP contribution in [0.3, 0.4) is 0 Å². The van der Waals surface area contributed by atoms with Crippen LogP contribution in [0, 0.1) is 5.92 Å². The summed E-state index contributed by atoms with van der Waals surface area (Å²) in [5.74, 6) is 0.706. The first-order valence-electron chi connectivity index (χ1n) is 10.6. The van der Waals surface area contributed by atoms with Crippen LogP contribution in [-0.4, -0.2) is 25.9 Å². The smallest absolute Gasteiger partial charge is 0.127 e. The SMILES string of the molecule is CCCCCC(C)C(C)c1cc(O)c(C(=CC(C)(C)O)c2ccncc2)c(O)c1. The summed E-state index contributed by atoms with van der Waals surface area (Å²) in [7, 11) is 0. The Bertz CT molecular complexity index is 799. The molecule has 0 aliphatic heterocycles. The highest BCUT2D eigenvalue weighted by atomic mass is 16.3. The molecule has 0 bridgehead atoms. The number of hydrogen-bond donors (Lipinski definition) is 3. The van der Waals surface area contributed by atoms with Crippen LogP contribution in [0.1, 0.15) is 82.9 Å². The van der Waals surface area contributed by atoms with Crippen LogP contribution in [-0.2, 0) is 0 Å². The molecule has 2 atom stereocenters. The maximum atomic E-state index is 10.8. The van der Waals surface area contributed by atoms with E-state index in [1.165, 1.54) is 19.3 Å². The number of aromatic hydroxyl groups is 2. The van der Waals surface area contributed by atoms with Crippen molar-refractivity contribution in [3.63, 3.8) is 0 Å². The van der Waals surface area contributed by atoms with Gasteiger partial charge in [0.15, 0.2) is 0 Å². The van der Waals surface area contributed by atoms with E-state index in [0.29, 0.717) is 17.1 Å². The van der Waals surface area contributed by atoms with Crippen LogP contribution in [0.15, 0.2) is 42.7 Å². The van der Waals surface area contributed by atoms with Crippen molar-refractivity contribution in [2.75, 3.05) is 0 Å². The predicted octanol–water partition coefficient (Wildman–Crippen LogP) is 6.02. The molecule has 0 aliphatic rings. The first-order valence-corrected chi connectivity index (χ1v) is 10.6. The van der Waals surface area contributed by atoms with E-state index in [0.717, 1.165) is 17.5 Å².